The molecular weight excluding hydrogens is 444 g/mol. The number of rotatable bonds is 7. The summed E-state index contributed by atoms with van der Waals surface area (Å²) in [5.74, 6) is 0.218. The minimum Gasteiger partial charge on any atom is -0.323 e. The lowest BCUT2D eigenvalue weighted by atomic mass is 10.2. The SMILES string of the molecule is O=C(CCNS(=O)(=O)c1ccc(Br)cc1)Nc1cnc(-c2ccccc2)nc1. The molecule has 0 aliphatic rings. The van der Waals surface area contributed by atoms with Crippen LogP contribution in [0.2, 0.25) is 0 Å². The molecule has 2 aromatic carbocycles. The molecule has 1 amide bonds. The fourth-order valence-corrected chi connectivity index (χ4v) is 3.64. The number of amides is 1. The highest BCUT2D eigenvalue weighted by molar-refractivity contribution is 9.10. The lowest BCUT2D eigenvalue weighted by molar-refractivity contribution is -0.116. The Balaban J connectivity index is 1.51. The van der Waals surface area contributed by atoms with Crippen molar-refractivity contribution in [3.05, 3.63) is 71.5 Å². The maximum atomic E-state index is 12.2. The van der Waals surface area contributed by atoms with Crippen LogP contribution >= 0.6 is 15.9 Å². The monoisotopic (exact) mass is 460 g/mol. The lowest BCUT2D eigenvalue weighted by Gasteiger charge is -2.08. The zero-order valence-corrected chi connectivity index (χ0v) is 17.1. The number of carbonyl (C=O) groups is 1. The molecule has 0 radical (unpaired) electrons. The first-order chi connectivity index (χ1) is 13.4. The average Bonchev–Trinajstić information content (AvgIpc) is 2.69. The van der Waals surface area contributed by atoms with Gasteiger partial charge in [-0.25, -0.2) is 23.1 Å². The Kier molecular flexibility index (Phi) is 6.50. The third kappa shape index (κ3) is 5.44. The number of halogens is 1. The molecule has 1 aromatic heterocycles. The van der Waals surface area contributed by atoms with Gasteiger partial charge in [0.1, 0.15) is 0 Å². The summed E-state index contributed by atoms with van der Waals surface area (Å²) in [4.78, 5) is 20.6. The van der Waals surface area contributed by atoms with E-state index in [1.54, 1.807) is 12.1 Å². The van der Waals surface area contributed by atoms with Gasteiger partial charge in [0, 0.05) is 23.0 Å². The van der Waals surface area contributed by atoms with Crippen LogP contribution < -0.4 is 10.0 Å². The molecule has 0 saturated heterocycles. The number of carbonyl (C=O) groups excluding carboxylic acids is 1. The maximum absolute atomic E-state index is 12.2. The maximum Gasteiger partial charge on any atom is 0.240 e. The largest absolute Gasteiger partial charge is 0.323 e. The molecule has 7 nitrogen and oxygen atoms in total. The van der Waals surface area contributed by atoms with Gasteiger partial charge in [-0.15, -0.1) is 0 Å². The minimum absolute atomic E-state index is 0.0177. The van der Waals surface area contributed by atoms with E-state index in [0.717, 1.165) is 10.0 Å². The predicted octanol–water partition coefficient (Wildman–Crippen LogP) is 3.21. The number of hydrogen-bond acceptors (Lipinski definition) is 5. The van der Waals surface area contributed by atoms with Gasteiger partial charge >= 0.3 is 0 Å². The summed E-state index contributed by atoms with van der Waals surface area (Å²) in [6, 6.07) is 15.7. The number of aromatic nitrogens is 2. The van der Waals surface area contributed by atoms with E-state index in [1.165, 1.54) is 24.5 Å². The summed E-state index contributed by atoms with van der Waals surface area (Å²) in [6.45, 7) is -0.0206. The van der Waals surface area contributed by atoms with Crippen LogP contribution in [0.4, 0.5) is 5.69 Å². The molecule has 0 spiro atoms. The van der Waals surface area contributed by atoms with E-state index in [0.29, 0.717) is 11.5 Å². The number of nitrogens with one attached hydrogen (secondary N) is 2. The fourth-order valence-electron chi connectivity index (χ4n) is 2.35. The Bertz CT molecular complexity index is 1040. The second-order valence-electron chi connectivity index (χ2n) is 5.81. The Morgan fingerprint density at radius 2 is 1.61 bits per heavy atom. The van der Waals surface area contributed by atoms with Gasteiger partial charge in [0.15, 0.2) is 5.82 Å². The van der Waals surface area contributed by atoms with Crippen molar-refractivity contribution in [2.75, 3.05) is 11.9 Å². The normalized spacial score (nSPS) is 11.2. The van der Waals surface area contributed by atoms with Gasteiger partial charge in [-0.3, -0.25) is 4.79 Å². The molecule has 0 atom stereocenters. The number of nitrogens with zero attached hydrogens (tertiary/aromatic N) is 2. The summed E-state index contributed by atoms with van der Waals surface area (Å²) in [6.07, 6.45) is 3.01. The van der Waals surface area contributed by atoms with Crippen LogP contribution in [0.3, 0.4) is 0 Å². The van der Waals surface area contributed by atoms with Crippen LogP contribution in [0.5, 0.6) is 0 Å². The Morgan fingerprint density at radius 1 is 0.964 bits per heavy atom. The van der Waals surface area contributed by atoms with E-state index in [1.807, 2.05) is 30.3 Å². The van der Waals surface area contributed by atoms with Crippen LogP contribution in [0.1, 0.15) is 6.42 Å². The smallest absolute Gasteiger partial charge is 0.240 e. The molecule has 3 rings (SSSR count). The predicted molar refractivity (Wildman–Crippen MR) is 110 cm³/mol. The van der Waals surface area contributed by atoms with Gasteiger partial charge < -0.3 is 5.32 Å². The Hall–Kier alpha value is -2.62. The van der Waals surface area contributed by atoms with Crippen LogP contribution in [-0.4, -0.2) is 30.8 Å². The van der Waals surface area contributed by atoms with Gasteiger partial charge in [0.2, 0.25) is 15.9 Å². The number of hydrogen-bond donors (Lipinski definition) is 2. The molecule has 0 saturated carbocycles. The summed E-state index contributed by atoms with van der Waals surface area (Å²) in [7, 11) is -3.66. The number of benzene rings is 2. The average molecular weight is 461 g/mol. The van der Waals surface area contributed by atoms with Gasteiger partial charge in [-0.05, 0) is 24.3 Å². The van der Waals surface area contributed by atoms with Crippen molar-refractivity contribution in [3.63, 3.8) is 0 Å². The Labute approximate surface area is 171 Å². The zero-order valence-electron chi connectivity index (χ0n) is 14.7. The first-order valence-corrected chi connectivity index (χ1v) is 10.6. The van der Waals surface area contributed by atoms with Gasteiger partial charge in [-0.2, -0.15) is 0 Å². The van der Waals surface area contributed by atoms with E-state index in [9.17, 15) is 13.2 Å². The van der Waals surface area contributed by atoms with Gasteiger partial charge in [0.25, 0.3) is 0 Å². The van der Waals surface area contributed by atoms with Crippen molar-refractivity contribution in [1.29, 1.82) is 0 Å². The number of sulfonamides is 1. The highest BCUT2D eigenvalue weighted by Gasteiger charge is 2.14. The topological polar surface area (TPSA) is 101 Å². The van der Waals surface area contributed by atoms with Crippen LogP contribution in [-0.2, 0) is 14.8 Å². The highest BCUT2D eigenvalue weighted by Crippen LogP contribution is 2.16. The van der Waals surface area contributed by atoms with E-state index in [2.05, 4.69) is 35.9 Å². The summed E-state index contributed by atoms with van der Waals surface area (Å²) < 4.78 is 27.5. The van der Waals surface area contributed by atoms with Crippen molar-refractivity contribution in [2.24, 2.45) is 0 Å². The Morgan fingerprint density at radius 3 is 2.25 bits per heavy atom. The van der Waals surface area contributed by atoms with E-state index in [-0.39, 0.29) is 23.8 Å². The third-order valence-corrected chi connectivity index (χ3v) is 5.74. The first kappa shape index (κ1) is 20.1. The summed E-state index contributed by atoms with van der Waals surface area (Å²) in [5.41, 5.74) is 1.32. The van der Waals surface area contributed by atoms with Gasteiger partial charge in [0.05, 0.1) is 23.0 Å². The summed E-state index contributed by atoms with van der Waals surface area (Å²) >= 11 is 3.25. The van der Waals surface area contributed by atoms with Gasteiger partial charge in [-0.1, -0.05) is 46.3 Å². The summed E-state index contributed by atoms with van der Waals surface area (Å²) in [5, 5.41) is 2.65. The molecule has 0 aliphatic carbocycles. The molecule has 0 aliphatic heterocycles. The standard InChI is InChI=1S/C19H17BrN4O3S/c20-15-6-8-17(9-7-15)28(26,27)23-11-10-18(25)24-16-12-21-19(22-13-16)14-4-2-1-3-5-14/h1-9,12-13,23H,10-11H2,(H,24,25). The van der Waals surface area contributed by atoms with E-state index < -0.39 is 10.0 Å². The second kappa shape index (κ2) is 9.05. The highest BCUT2D eigenvalue weighted by atomic mass is 79.9. The molecule has 144 valence electrons. The molecule has 3 aromatic rings. The second-order valence-corrected chi connectivity index (χ2v) is 8.49. The van der Waals surface area contributed by atoms with Crippen LogP contribution in [0, 0.1) is 0 Å². The van der Waals surface area contributed by atoms with E-state index in [4.69, 9.17) is 0 Å². The molecular formula is C19H17BrN4O3S. The first-order valence-electron chi connectivity index (χ1n) is 8.36. The van der Waals surface area contributed by atoms with Crippen LogP contribution in [0.25, 0.3) is 11.4 Å². The quantitative estimate of drug-likeness (QED) is 0.563. The lowest BCUT2D eigenvalue weighted by Crippen LogP contribution is -2.27. The van der Waals surface area contributed by atoms with Crippen molar-refractivity contribution in [1.82, 2.24) is 14.7 Å². The third-order valence-electron chi connectivity index (χ3n) is 3.74. The van der Waals surface area contributed by atoms with E-state index >= 15 is 0 Å². The molecule has 0 bridgehead atoms. The molecule has 1 heterocycles. The zero-order chi connectivity index (χ0) is 20.0. The van der Waals surface area contributed by atoms with Crippen molar-refractivity contribution >= 4 is 37.5 Å². The van der Waals surface area contributed by atoms with Crippen molar-refractivity contribution in [2.45, 2.75) is 11.3 Å². The van der Waals surface area contributed by atoms with Crippen molar-refractivity contribution < 1.29 is 13.2 Å². The minimum atomic E-state index is -3.66. The van der Waals surface area contributed by atoms with Crippen LogP contribution in [0.15, 0.2) is 76.4 Å². The number of anilines is 1. The molecule has 28 heavy (non-hydrogen) atoms. The van der Waals surface area contributed by atoms with Crippen molar-refractivity contribution in [3.8, 4) is 11.4 Å². The molecule has 0 fully saturated rings. The molecule has 2 N–H and O–H groups in total. The molecule has 9 heteroatoms. The molecule has 0 unspecified atom stereocenters. The fraction of sp³-hybridized carbons (Fsp3) is 0.105.